The largest absolute Gasteiger partial charge is 0.454 e. The van der Waals surface area contributed by atoms with E-state index in [0.29, 0.717) is 6.79 Å². The summed E-state index contributed by atoms with van der Waals surface area (Å²) in [6.45, 7) is 0.313. The molecule has 90 valence electrons. The fourth-order valence-corrected chi connectivity index (χ4v) is 1.84. The van der Waals surface area contributed by atoms with Crippen molar-refractivity contribution in [2.75, 3.05) is 6.79 Å². The average molecular weight is 240 g/mol. The van der Waals surface area contributed by atoms with E-state index in [4.69, 9.17) is 9.47 Å². The van der Waals surface area contributed by atoms with Crippen LogP contribution in [0.4, 0.5) is 5.69 Å². The SMILES string of the molecule is [NH3+]c1ccc(C=Cc2ccc3c(c2)OCO3)cc1. The fourth-order valence-electron chi connectivity index (χ4n) is 1.84. The summed E-state index contributed by atoms with van der Waals surface area (Å²) in [7, 11) is 0. The van der Waals surface area contributed by atoms with Gasteiger partial charge in [-0.2, -0.15) is 0 Å². The molecule has 0 saturated carbocycles. The molecule has 0 saturated heterocycles. The van der Waals surface area contributed by atoms with Gasteiger partial charge in [-0.25, -0.2) is 0 Å². The normalized spacial score (nSPS) is 13.2. The molecule has 2 aromatic carbocycles. The maximum absolute atomic E-state index is 5.34. The summed E-state index contributed by atoms with van der Waals surface area (Å²) in [5.74, 6) is 1.62. The molecule has 0 aliphatic carbocycles. The van der Waals surface area contributed by atoms with Gasteiger partial charge in [0, 0.05) is 0 Å². The summed E-state index contributed by atoms with van der Waals surface area (Å²) < 4.78 is 10.6. The van der Waals surface area contributed by atoms with E-state index < -0.39 is 0 Å². The second-order valence-electron chi connectivity index (χ2n) is 4.19. The maximum atomic E-state index is 5.34. The van der Waals surface area contributed by atoms with Gasteiger partial charge in [0.05, 0.1) is 0 Å². The first-order valence-electron chi connectivity index (χ1n) is 5.81. The Hall–Kier alpha value is -2.26. The molecule has 0 bridgehead atoms. The summed E-state index contributed by atoms with van der Waals surface area (Å²) >= 11 is 0. The third kappa shape index (κ3) is 2.21. The third-order valence-electron chi connectivity index (χ3n) is 2.84. The van der Waals surface area contributed by atoms with E-state index in [2.05, 4.69) is 17.9 Å². The number of hydrogen-bond donors (Lipinski definition) is 1. The molecular weight excluding hydrogens is 226 g/mol. The average Bonchev–Trinajstić information content (AvgIpc) is 2.85. The van der Waals surface area contributed by atoms with Crippen molar-refractivity contribution >= 4 is 17.8 Å². The predicted molar refractivity (Wildman–Crippen MR) is 70.5 cm³/mol. The number of quaternary nitrogens is 1. The van der Waals surface area contributed by atoms with Crippen LogP contribution in [0.1, 0.15) is 11.1 Å². The molecule has 0 fully saturated rings. The van der Waals surface area contributed by atoms with Crippen molar-refractivity contribution < 1.29 is 15.2 Å². The zero-order valence-corrected chi connectivity index (χ0v) is 9.93. The van der Waals surface area contributed by atoms with Gasteiger partial charge in [0.1, 0.15) is 5.69 Å². The van der Waals surface area contributed by atoms with Gasteiger partial charge >= 0.3 is 0 Å². The highest BCUT2D eigenvalue weighted by atomic mass is 16.7. The molecule has 3 N–H and O–H groups in total. The molecular formula is C15H14NO2+. The Labute approximate surface area is 105 Å². The molecule has 1 aliphatic heterocycles. The Morgan fingerprint density at radius 2 is 1.50 bits per heavy atom. The van der Waals surface area contributed by atoms with E-state index in [1.807, 2.05) is 42.5 Å². The highest BCUT2D eigenvalue weighted by Crippen LogP contribution is 2.32. The summed E-state index contributed by atoms with van der Waals surface area (Å²) in [5.41, 5.74) is 7.14. The second kappa shape index (κ2) is 4.55. The molecule has 0 radical (unpaired) electrons. The lowest BCUT2D eigenvalue weighted by atomic mass is 10.1. The zero-order chi connectivity index (χ0) is 12.4. The summed E-state index contributed by atoms with van der Waals surface area (Å²) in [4.78, 5) is 0. The van der Waals surface area contributed by atoms with Gasteiger partial charge in [-0.3, -0.25) is 0 Å². The predicted octanol–water partition coefficient (Wildman–Crippen LogP) is 2.46. The number of rotatable bonds is 2. The molecule has 3 nitrogen and oxygen atoms in total. The van der Waals surface area contributed by atoms with Crippen molar-refractivity contribution in [1.82, 2.24) is 0 Å². The van der Waals surface area contributed by atoms with Gasteiger partial charge in [0.15, 0.2) is 11.5 Å². The molecule has 1 aliphatic rings. The molecule has 3 rings (SSSR count). The molecule has 1 heterocycles. The Kier molecular flexibility index (Phi) is 2.74. The number of ether oxygens (including phenoxy) is 2. The Morgan fingerprint density at radius 1 is 0.833 bits per heavy atom. The van der Waals surface area contributed by atoms with Gasteiger partial charge in [-0.05, 0) is 47.5 Å². The lowest BCUT2D eigenvalue weighted by molar-refractivity contribution is -0.254. The highest BCUT2D eigenvalue weighted by Gasteiger charge is 2.11. The van der Waals surface area contributed by atoms with Crippen LogP contribution in [0, 0.1) is 0 Å². The van der Waals surface area contributed by atoms with E-state index in [9.17, 15) is 0 Å². The van der Waals surface area contributed by atoms with Crippen molar-refractivity contribution in [3.8, 4) is 11.5 Å². The third-order valence-corrected chi connectivity index (χ3v) is 2.84. The van der Waals surface area contributed by atoms with E-state index in [1.165, 1.54) is 0 Å². The van der Waals surface area contributed by atoms with E-state index in [-0.39, 0.29) is 0 Å². The minimum atomic E-state index is 0.313. The quantitative estimate of drug-likeness (QED) is 0.819. The lowest BCUT2D eigenvalue weighted by Gasteiger charge is -1.98. The molecule has 18 heavy (non-hydrogen) atoms. The highest BCUT2D eigenvalue weighted by molar-refractivity contribution is 5.71. The van der Waals surface area contributed by atoms with Gasteiger partial charge in [-0.1, -0.05) is 18.2 Å². The number of benzene rings is 2. The van der Waals surface area contributed by atoms with E-state index >= 15 is 0 Å². The van der Waals surface area contributed by atoms with Crippen molar-refractivity contribution in [2.24, 2.45) is 0 Å². The van der Waals surface area contributed by atoms with Crippen molar-refractivity contribution in [1.29, 1.82) is 0 Å². The second-order valence-corrected chi connectivity index (χ2v) is 4.19. The van der Waals surface area contributed by atoms with Gasteiger partial charge < -0.3 is 15.2 Å². The topological polar surface area (TPSA) is 46.1 Å². The fraction of sp³-hybridized carbons (Fsp3) is 0.0667. The first-order valence-corrected chi connectivity index (χ1v) is 5.81. The van der Waals surface area contributed by atoms with Crippen LogP contribution in [0.5, 0.6) is 11.5 Å². The van der Waals surface area contributed by atoms with E-state index in [1.54, 1.807) is 0 Å². The number of hydrogen-bond acceptors (Lipinski definition) is 2. The molecule has 0 spiro atoms. The molecule has 0 atom stereocenters. The van der Waals surface area contributed by atoms with Crippen molar-refractivity contribution in [3.63, 3.8) is 0 Å². The Balaban J connectivity index is 1.82. The smallest absolute Gasteiger partial charge is 0.231 e. The molecule has 2 aromatic rings. The van der Waals surface area contributed by atoms with Gasteiger partial charge in [0.2, 0.25) is 6.79 Å². The van der Waals surface area contributed by atoms with Gasteiger partial charge in [0.25, 0.3) is 0 Å². The monoisotopic (exact) mass is 240 g/mol. The van der Waals surface area contributed by atoms with Crippen LogP contribution < -0.4 is 15.2 Å². The Bertz CT molecular complexity index is 588. The van der Waals surface area contributed by atoms with Crippen LogP contribution in [0.2, 0.25) is 0 Å². The van der Waals surface area contributed by atoms with Crippen LogP contribution in [0.15, 0.2) is 42.5 Å². The van der Waals surface area contributed by atoms with Crippen LogP contribution in [0.25, 0.3) is 12.2 Å². The first-order chi connectivity index (χ1) is 8.81. The number of fused-ring (bicyclic) bond motifs is 1. The summed E-state index contributed by atoms with van der Waals surface area (Å²) in [5, 5.41) is 0. The molecule has 0 aromatic heterocycles. The zero-order valence-electron chi connectivity index (χ0n) is 9.93. The minimum absolute atomic E-state index is 0.313. The van der Waals surface area contributed by atoms with Crippen molar-refractivity contribution in [2.45, 2.75) is 0 Å². The van der Waals surface area contributed by atoms with Crippen molar-refractivity contribution in [3.05, 3.63) is 53.6 Å². The van der Waals surface area contributed by atoms with Crippen LogP contribution in [-0.4, -0.2) is 6.79 Å². The van der Waals surface area contributed by atoms with Crippen LogP contribution >= 0.6 is 0 Å². The minimum Gasteiger partial charge on any atom is -0.454 e. The summed E-state index contributed by atoms with van der Waals surface area (Å²) in [6.07, 6.45) is 4.12. The molecule has 0 amide bonds. The van der Waals surface area contributed by atoms with Crippen LogP contribution in [-0.2, 0) is 0 Å². The maximum Gasteiger partial charge on any atom is 0.231 e. The van der Waals surface area contributed by atoms with Crippen LogP contribution in [0.3, 0.4) is 0 Å². The van der Waals surface area contributed by atoms with E-state index in [0.717, 1.165) is 28.3 Å². The van der Waals surface area contributed by atoms with Gasteiger partial charge in [-0.15, -0.1) is 0 Å². The molecule has 0 unspecified atom stereocenters. The standard InChI is InChI=1S/C15H13NO2/c16-13-6-3-11(4-7-13)1-2-12-5-8-14-15(9-12)18-10-17-14/h1-9H,10,16H2/p+1. The lowest BCUT2D eigenvalue weighted by Crippen LogP contribution is -2.39. The first kappa shape index (κ1) is 10.9. The summed E-state index contributed by atoms with van der Waals surface area (Å²) in [6, 6.07) is 14.0. The molecule has 3 heteroatoms. The Morgan fingerprint density at radius 3 is 2.33 bits per heavy atom.